The molecule has 0 bridgehead atoms. The highest BCUT2D eigenvalue weighted by Crippen LogP contribution is 2.27. The molecular formula is C27H36N2O3S. The van der Waals surface area contributed by atoms with Crippen molar-refractivity contribution >= 4 is 15.9 Å². The Labute approximate surface area is 198 Å². The van der Waals surface area contributed by atoms with Crippen molar-refractivity contribution in [2.75, 3.05) is 13.1 Å². The molecule has 0 aromatic heterocycles. The Morgan fingerprint density at radius 1 is 1.03 bits per heavy atom. The summed E-state index contributed by atoms with van der Waals surface area (Å²) in [6.07, 6.45) is 6.77. The third-order valence-corrected chi connectivity index (χ3v) is 9.04. The number of piperidine rings is 1. The molecule has 2 aromatic carbocycles. The fourth-order valence-corrected chi connectivity index (χ4v) is 6.63. The average molecular weight is 469 g/mol. The van der Waals surface area contributed by atoms with Gasteiger partial charge in [0.25, 0.3) is 0 Å². The first-order valence-electron chi connectivity index (χ1n) is 12.3. The second-order valence-corrected chi connectivity index (χ2v) is 11.6. The SMILES string of the molecule is CC[C@H](NC(=O)C1CCN(S(=O)(=O)Cc2ccc(C)cc2)CC1)c1ccc2c(c1)CCCC2. The Bertz CT molecular complexity index is 1070. The second kappa shape index (κ2) is 10.4. The Morgan fingerprint density at radius 3 is 2.36 bits per heavy atom. The van der Waals surface area contributed by atoms with E-state index in [1.807, 2.05) is 31.2 Å². The number of nitrogens with one attached hydrogen (secondary N) is 1. The van der Waals surface area contributed by atoms with Gasteiger partial charge in [-0.15, -0.1) is 0 Å². The molecule has 1 aliphatic heterocycles. The molecule has 6 heteroatoms. The van der Waals surface area contributed by atoms with Crippen molar-refractivity contribution in [1.29, 1.82) is 0 Å². The van der Waals surface area contributed by atoms with Crippen LogP contribution >= 0.6 is 0 Å². The third kappa shape index (κ3) is 5.85. The summed E-state index contributed by atoms with van der Waals surface area (Å²) in [5.41, 5.74) is 5.98. The van der Waals surface area contributed by atoms with E-state index >= 15 is 0 Å². The molecule has 0 saturated carbocycles. The van der Waals surface area contributed by atoms with Crippen molar-refractivity contribution in [3.05, 3.63) is 70.3 Å². The molecule has 1 aliphatic carbocycles. The lowest BCUT2D eigenvalue weighted by Gasteiger charge is -2.31. The van der Waals surface area contributed by atoms with Crippen LogP contribution in [0.3, 0.4) is 0 Å². The number of hydrogen-bond donors (Lipinski definition) is 1. The minimum Gasteiger partial charge on any atom is -0.349 e. The van der Waals surface area contributed by atoms with E-state index < -0.39 is 10.0 Å². The molecule has 1 amide bonds. The highest BCUT2D eigenvalue weighted by atomic mass is 32.2. The lowest BCUT2D eigenvalue weighted by Crippen LogP contribution is -2.44. The number of carbonyl (C=O) groups is 1. The van der Waals surface area contributed by atoms with Gasteiger partial charge in [0, 0.05) is 19.0 Å². The van der Waals surface area contributed by atoms with Crippen LogP contribution in [0, 0.1) is 12.8 Å². The molecule has 4 rings (SSSR count). The summed E-state index contributed by atoms with van der Waals surface area (Å²) in [6.45, 7) is 4.90. The maximum Gasteiger partial charge on any atom is 0.223 e. The van der Waals surface area contributed by atoms with Crippen molar-refractivity contribution in [2.45, 2.75) is 70.6 Å². The molecule has 1 N–H and O–H groups in total. The monoisotopic (exact) mass is 468 g/mol. The minimum absolute atomic E-state index is 0.00743. The number of fused-ring (bicyclic) bond motifs is 1. The van der Waals surface area contributed by atoms with Crippen LogP contribution in [0.4, 0.5) is 0 Å². The summed E-state index contributed by atoms with van der Waals surface area (Å²) < 4.78 is 27.3. The van der Waals surface area contributed by atoms with E-state index in [9.17, 15) is 13.2 Å². The standard InChI is InChI=1S/C27H36N2O3S/c1-3-26(25-13-12-22-6-4-5-7-24(22)18-25)28-27(30)23-14-16-29(17-15-23)33(31,32)19-21-10-8-20(2)9-11-21/h8-13,18,23,26H,3-7,14-17,19H2,1-2H3,(H,28,30)/t26-/m0/s1. The maximum atomic E-state index is 13.0. The predicted octanol–water partition coefficient (Wildman–Crippen LogP) is 4.68. The zero-order chi connectivity index (χ0) is 23.4. The van der Waals surface area contributed by atoms with Crippen LogP contribution in [0.25, 0.3) is 0 Å². The molecule has 33 heavy (non-hydrogen) atoms. The third-order valence-electron chi connectivity index (χ3n) is 7.19. The van der Waals surface area contributed by atoms with Crippen LogP contribution in [0.2, 0.25) is 0 Å². The highest BCUT2D eigenvalue weighted by molar-refractivity contribution is 7.88. The molecule has 5 nitrogen and oxygen atoms in total. The number of amides is 1. The van der Waals surface area contributed by atoms with Crippen LogP contribution in [0.5, 0.6) is 0 Å². The number of rotatable bonds is 7. The molecule has 1 saturated heterocycles. The molecule has 1 atom stereocenters. The quantitative estimate of drug-likeness (QED) is 0.641. The van der Waals surface area contributed by atoms with Crippen LogP contribution in [0.1, 0.15) is 72.9 Å². The normalized spacial score (nSPS) is 18.5. The largest absolute Gasteiger partial charge is 0.349 e. The molecule has 0 unspecified atom stereocenters. The first kappa shape index (κ1) is 24.0. The Hall–Kier alpha value is -2.18. The molecule has 1 heterocycles. The van der Waals surface area contributed by atoms with E-state index in [1.165, 1.54) is 29.5 Å². The molecule has 0 radical (unpaired) electrons. The highest BCUT2D eigenvalue weighted by Gasteiger charge is 2.32. The molecule has 2 aromatic rings. The van der Waals surface area contributed by atoms with Gasteiger partial charge >= 0.3 is 0 Å². The van der Waals surface area contributed by atoms with Gasteiger partial charge < -0.3 is 5.32 Å². The Morgan fingerprint density at radius 2 is 1.70 bits per heavy atom. The van der Waals surface area contributed by atoms with E-state index in [2.05, 4.69) is 30.4 Å². The number of hydrogen-bond acceptors (Lipinski definition) is 3. The van der Waals surface area contributed by atoms with Crippen LogP contribution in [-0.2, 0) is 33.4 Å². The van der Waals surface area contributed by atoms with Crippen molar-refractivity contribution < 1.29 is 13.2 Å². The van der Waals surface area contributed by atoms with E-state index in [0.717, 1.165) is 30.4 Å². The van der Waals surface area contributed by atoms with E-state index in [4.69, 9.17) is 0 Å². The first-order chi connectivity index (χ1) is 15.9. The molecule has 1 fully saturated rings. The Kier molecular flexibility index (Phi) is 7.55. The summed E-state index contributed by atoms with van der Waals surface area (Å²) in [6, 6.07) is 14.3. The molecule has 0 spiro atoms. The van der Waals surface area contributed by atoms with Crippen molar-refractivity contribution in [2.24, 2.45) is 5.92 Å². The van der Waals surface area contributed by atoms with Gasteiger partial charge in [-0.3, -0.25) is 4.79 Å². The zero-order valence-corrected chi connectivity index (χ0v) is 20.7. The fourth-order valence-electron chi connectivity index (χ4n) is 5.06. The lowest BCUT2D eigenvalue weighted by molar-refractivity contribution is -0.126. The maximum absolute atomic E-state index is 13.0. The van der Waals surface area contributed by atoms with Gasteiger partial charge in [0.15, 0.2) is 0 Å². The van der Waals surface area contributed by atoms with Gasteiger partial charge in [-0.1, -0.05) is 55.0 Å². The van der Waals surface area contributed by atoms with Crippen LogP contribution in [0.15, 0.2) is 42.5 Å². The van der Waals surface area contributed by atoms with E-state index in [0.29, 0.717) is 25.9 Å². The Balaban J connectivity index is 1.33. The van der Waals surface area contributed by atoms with Gasteiger partial charge in [0.2, 0.25) is 15.9 Å². The van der Waals surface area contributed by atoms with Crippen molar-refractivity contribution in [1.82, 2.24) is 9.62 Å². The van der Waals surface area contributed by atoms with Gasteiger partial charge in [-0.05, 0) is 74.1 Å². The first-order valence-corrected chi connectivity index (χ1v) is 13.9. The smallest absolute Gasteiger partial charge is 0.223 e. The summed E-state index contributed by atoms with van der Waals surface area (Å²) in [4.78, 5) is 13.0. The number of benzene rings is 2. The van der Waals surface area contributed by atoms with Crippen LogP contribution < -0.4 is 5.32 Å². The number of carbonyl (C=O) groups excluding carboxylic acids is 1. The van der Waals surface area contributed by atoms with Crippen molar-refractivity contribution in [3.8, 4) is 0 Å². The van der Waals surface area contributed by atoms with Gasteiger partial charge in [0.1, 0.15) is 0 Å². The summed E-state index contributed by atoms with van der Waals surface area (Å²) in [5.74, 6) is -0.0712. The van der Waals surface area contributed by atoms with Gasteiger partial charge in [-0.2, -0.15) is 0 Å². The topological polar surface area (TPSA) is 66.5 Å². The minimum atomic E-state index is -3.38. The van der Waals surface area contributed by atoms with E-state index in [1.54, 1.807) is 4.31 Å². The van der Waals surface area contributed by atoms with Gasteiger partial charge in [-0.25, -0.2) is 12.7 Å². The number of nitrogens with zero attached hydrogens (tertiary/aromatic N) is 1. The number of sulfonamides is 1. The average Bonchev–Trinajstić information content (AvgIpc) is 2.83. The van der Waals surface area contributed by atoms with Gasteiger partial charge in [0.05, 0.1) is 11.8 Å². The van der Waals surface area contributed by atoms with E-state index in [-0.39, 0.29) is 23.6 Å². The summed E-state index contributed by atoms with van der Waals surface area (Å²) in [7, 11) is -3.38. The summed E-state index contributed by atoms with van der Waals surface area (Å²) in [5, 5.41) is 3.25. The molecule has 178 valence electrons. The molecule has 2 aliphatic rings. The molecular weight excluding hydrogens is 432 g/mol. The fraction of sp³-hybridized carbons (Fsp3) is 0.519. The second-order valence-electron chi connectivity index (χ2n) is 9.62. The lowest BCUT2D eigenvalue weighted by atomic mass is 9.88. The predicted molar refractivity (Wildman–Crippen MR) is 132 cm³/mol. The zero-order valence-electron chi connectivity index (χ0n) is 19.8. The van der Waals surface area contributed by atoms with Crippen molar-refractivity contribution in [3.63, 3.8) is 0 Å². The number of aryl methyl sites for hydroxylation is 3. The van der Waals surface area contributed by atoms with Crippen LogP contribution in [-0.4, -0.2) is 31.7 Å². The summed E-state index contributed by atoms with van der Waals surface area (Å²) >= 11 is 0.